The highest BCUT2D eigenvalue weighted by molar-refractivity contribution is 5.88. The quantitative estimate of drug-likeness (QED) is 0.720. The van der Waals surface area contributed by atoms with Gasteiger partial charge in [0.05, 0.1) is 0 Å². The van der Waals surface area contributed by atoms with Gasteiger partial charge in [-0.2, -0.15) is 0 Å². The average Bonchev–Trinajstić information content (AvgIpc) is 2.18. The summed E-state index contributed by atoms with van der Waals surface area (Å²) >= 11 is 0. The van der Waals surface area contributed by atoms with Crippen molar-refractivity contribution in [2.24, 2.45) is 0 Å². The SMILES string of the molecule is CC(C)c1ccc2cccc(O)c2c1. The summed E-state index contributed by atoms with van der Waals surface area (Å²) in [6, 6.07) is 11.9. The summed E-state index contributed by atoms with van der Waals surface area (Å²) in [5, 5.41) is 11.7. The van der Waals surface area contributed by atoms with Gasteiger partial charge in [0, 0.05) is 5.39 Å². The molecule has 72 valence electrons. The lowest BCUT2D eigenvalue weighted by Gasteiger charge is -2.07. The Labute approximate surface area is 84.0 Å². The van der Waals surface area contributed by atoms with Crippen LogP contribution in [0, 0.1) is 0 Å². The van der Waals surface area contributed by atoms with Gasteiger partial charge in [-0.3, -0.25) is 0 Å². The molecule has 0 spiro atoms. The van der Waals surface area contributed by atoms with E-state index in [-0.39, 0.29) is 0 Å². The van der Waals surface area contributed by atoms with Crippen LogP contribution in [0.4, 0.5) is 0 Å². The Morgan fingerprint density at radius 1 is 1.07 bits per heavy atom. The fourth-order valence-corrected chi connectivity index (χ4v) is 1.63. The molecule has 0 aromatic heterocycles. The van der Waals surface area contributed by atoms with E-state index in [0.717, 1.165) is 10.8 Å². The normalized spacial score (nSPS) is 11.1. The molecule has 0 saturated carbocycles. The van der Waals surface area contributed by atoms with Crippen LogP contribution in [0.2, 0.25) is 0 Å². The standard InChI is InChI=1S/C13H14O/c1-9(2)11-7-6-10-4-3-5-13(14)12(10)8-11/h3-9,14H,1-2H3. The molecule has 0 atom stereocenters. The Hall–Kier alpha value is -1.50. The lowest BCUT2D eigenvalue weighted by atomic mass is 9.99. The molecule has 0 radical (unpaired) electrons. The van der Waals surface area contributed by atoms with Crippen molar-refractivity contribution in [3.8, 4) is 5.75 Å². The predicted molar refractivity (Wildman–Crippen MR) is 59.7 cm³/mol. The third kappa shape index (κ3) is 1.46. The van der Waals surface area contributed by atoms with E-state index in [1.807, 2.05) is 12.1 Å². The number of fused-ring (bicyclic) bond motifs is 1. The Kier molecular flexibility index (Phi) is 2.16. The number of phenols is 1. The second-order valence-electron chi connectivity index (χ2n) is 3.91. The second-order valence-corrected chi connectivity index (χ2v) is 3.91. The highest BCUT2D eigenvalue weighted by Crippen LogP contribution is 2.27. The van der Waals surface area contributed by atoms with Crippen molar-refractivity contribution in [3.05, 3.63) is 42.0 Å². The van der Waals surface area contributed by atoms with Crippen LogP contribution in [-0.2, 0) is 0 Å². The molecule has 2 aromatic carbocycles. The van der Waals surface area contributed by atoms with E-state index in [2.05, 4.69) is 32.0 Å². The Morgan fingerprint density at radius 2 is 1.86 bits per heavy atom. The predicted octanol–water partition coefficient (Wildman–Crippen LogP) is 3.67. The number of phenolic OH excluding ortho intramolecular Hbond substituents is 1. The first kappa shape index (κ1) is 9.07. The zero-order valence-electron chi connectivity index (χ0n) is 8.49. The molecule has 0 fully saturated rings. The molecule has 0 unspecified atom stereocenters. The van der Waals surface area contributed by atoms with Crippen molar-refractivity contribution in [1.82, 2.24) is 0 Å². The number of hydrogen-bond acceptors (Lipinski definition) is 1. The first-order valence-electron chi connectivity index (χ1n) is 4.90. The summed E-state index contributed by atoms with van der Waals surface area (Å²) < 4.78 is 0. The van der Waals surface area contributed by atoms with E-state index in [1.165, 1.54) is 5.56 Å². The van der Waals surface area contributed by atoms with E-state index in [9.17, 15) is 5.11 Å². The fourth-order valence-electron chi connectivity index (χ4n) is 1.63. The van der Waals surface area contributed by atoms with Crippen LogP contribution in [0.3, 0.4) is 0 Å². The van der Waals surface area contributed by atoms with Gasteiger partial charge in [0.25, 0.3) is 0 Å². The minimum atomic E-state index is 0.366. The van der Waals surface area contributed by atoms with E-state index in [0.29, 0.717) is 11.7 Å². The molecule has 1 N–H and O–H groups in total. The van der Waals surface area contributed by atoms with Gasteiger partial charge in [0.15, 0.2) is 0 Å². The maximum absolute atomic E-state index is 9.68. The van der Waals surface area contributed by atoms with Crippen molar-refractivity contribution in [3.63, 3.8) is 0 Å². The monoisotopic (exact) mass is 186 g/mol. The summed E-state index contributed by atoms with van der Waals surface area (Å²) in [6.07, 6.45) is 0. The first-order valence-corrected chi connectivity index (χ1v) is 4.90. The van der Waals surface area contributed by atoms with E-state index in [1.54, 1.807) is 6.07 Å². The summed E-state index contributed by atoms with van der Waals surface area (Å²) in [6.45, 7) is 4.31. The third-order valence-electron chi connectivity index (χ3n) is 2.55. The smallest absolute Gasteiger partial charge is 0.123 e. The van der Waals surface area contributed by atoms with Gasteiger partial charge in [0.2, 0.25) is 0 Å². The Balaban J connectivity index is 2.70. The van der Waals surface area contributed by atoms with Gasteiger partial charge in [0.1, 0.15) is 5.75 Å². The van der Waals surface area contributed by atoms with Gasteiger partial charge in [-0.25, -0.2) is 0 Å². The molecule has 1 heteroatoms. The van der Waals surface area contributed by atoms with Gasteiger partial charge >= 0.3 is 0 Å². The van der Waals surface area contributed by atoms with Crippen LogP contribution in [0.25, 0.3) is 10.8 Å². The zero-order valence-corrected chi connectivity index (χ0v) is 8.49. The molecular weight excluding hydrogens is 172 g/mol. The highest BCUT2D eigenvalue weighted by atomic mass is 16.3. The molecule has 0 aliphatic heterocycles. The van der Waals surface area contributed by atoms with Gasteiger partial charge in [-0.05, 0) is 29.0 Å². The van der Waals surface area contributed by atoms with Crippen LogP contribution < -0.4 is 0 Å². The largest absolute Gasteiger partial charge is 0.507 e. The van der Waals surface area contributed by atoms with E-state index < -0.39 is 0 Å². The van der Waals surface area contributed by atoms with E-state index in [4.69, 9.17) is 0 Å². The maximum atomic E-state index is 9.68. The molecule has 14 heavy (non-hydrogen) atoms. The van der Waals surface area contributed by atoms with Crippen molar-refractivity contribution < 1.29 is 5.11 Å². The number of aromatic hydroxyl groups is 1. The molecule has 2 rings (SSSR count). The van der Waals surface area contributed by atoms with E-state index >= 15 is 0 Å². The molecule has 0 bridgehead atoms. The number of hydrogen-bond donors (Lipinski definition) is 1. The Bertz CT molecular complexity index is 458. The highest BCUT2D eigenvalue weighted by Gasteiger charge is 2.02. The average molecular weight is 186 g/mol. The number of benzene rings is 2. The summed E-state index contributed by atoms with van der Waals surface area (Å²) in [7, 11) is 0. The molecule has 0 saturated heterocycles. The van der Waals surface area contributed by atoms with Gasteiger partial charge in [-0.15, -0.1) is 0 Å². The van der Waals surface area contributed by atoms with Crippen molar-refractivity contribution >= 4 is 10.8 Å². The molecule has 0 aliphatic rings. The van der Waals surface area contributed by atoms with Crippen LogP contribution in [0.1, 0.15) is 25.3 Å². The topological polar surface area (TPSA) is 20.2 Å². The van der Waals surface area contributed by atoms with Gasteiger partial charge < -0.3 is 5.11 Å². The second kappa shape index (κ2) is 3.33. The molecular formula is C13H14O. The lowest BCUT2D eigenvalue weighted by Crippen LogP contribution is -1.86. The molecule has 1 nitrogen and oxygen atoms in total. The third-order valence-corrected chi connectivity index (χ3v) is 2.55. The van der Waals surface area contributed by atoms with Crippen LogP contribution >= 0.6 is 0 Å². The minimum absolute atomic E-state index is 0.366. The van der Waals surface area contributed by atoms with Crippen molar-refractivity contribution in [1.29, 1.82) is 0 Å². The van der Waals surface area contributed by atoms with Crippen LogP contribution in [-0.4, -0.2) is 5.11 Å². The summed E-state index contributed by atoms with van der Waals surface area (Å²) in [4.78, 5) is 0. The summed E-state index contributed by atoms with van der Waals surface area (Å²) in [5.41, 5.74) is 1.26. The molecule has 2 aromatic rings. The first-order chi connectivity index (χ1) is 6.68. The van der Waals surface area contributed by atoms with Crippen molar-refractivity contribution in [2.75, 3.05) is 0 Å². The molecule has 0 amide bonds. The van der Waals surface area contributed by atoms with Gasteiger partial charge in [-0.1, -0.05) is 38.1 Å². The number of rotatable bonds is 1. The maximum Gasteiger partial charge on any atom is 0.123 e. The lowest BCUT2D eigenvalue weighted by molar-refractivity contribution is 0.481. The molecule has 0 heterocycles. The van der Waals surface area contributed by atoms with Crippen molar-refractivity contribution in [2.45, 2.75) is 19.8 Å². The molecule has 0 aliphatic carbocycles. The zero-order chi connectivity index (χ0) is 10.1. The Morgan fingerprint density at radius 3 is 2.57 bits per heavy atom. The fraction of sp³-hybridized carbons (Fsp3) is 0.231. The van der Waals surface area contributed by atoms with Crippen LogP contribution in [0.15, 0.2) is 36.4 Å². The summed E-state index contributed by atoms with van der Waals surface area (Å²) in [5.74, 6) is 0.865. The minimum Gasteiger partial charge on any atom is -0.507 e. The van der Waals surface area contributed by atoms with Crippen LogP contribution in [0.5, 0.6) is 5.75 Å².